The van der Waals surface area contributed by atoms with E-state index >= 15 is 4.39 Å². The first-order chi connectivity index (χ1) is 25.3. The number of carbonyl (C=O) groups excluding carboxylic acids is 2. The predicted molar refractivity (Wildman–Crippen MR) is 195 cm³/mol. The highest BCUT2D eigenvalue weighted by Gasteiger charge is 2.63. The van der Waals surface area contributed by atoms with Crippen molar-refractivity contribution < 1.29 is 36.3 Å². The molecule has 2 unspecified atom stereocenters. The molecule has 1 aliphatic heterocycles. The van der Waals surface area contributed by atoms with Gasteiger partial charge in [-0.15, -0.1) is 0 Å². The third-order valence-electron chi connectivity index (χ3n) is 7.85. The maximum atomic E-state index is 15.2. The van der Waals surface area contributed by atoms with Crippen LogP contribution in [0.2, 0.25) is 5.02 Å². The van der Waals surface area contributed by atoms with E-state index in [4.69, 9.17) is 22.1 Å². The zero-order chi connectivity index (χ0) is 40.6. The van der Waals surface area contributed by atoms with Crippen molar-refractivity contribution in [3.05, 3.63) is 82.8 Å². The maximum Gasteiger partial charge on any atom is 0.411 e. The van der Waals surface area contributed by atoms with Crippen molar-refractivity contribution in [2.45, 2.75) is 71.3 Å². The quantitative estimate of drug-likeness (QED) is 0.140. The summed E-state index contributed by atoms with van der Waals surface area (Å²) in [6.07, 6.45) is -0.969. The molecule has 0 saturated heterocycles. The van der Waals surface area contributed by atoms with Crippen LogP contribution in [0.3, 0.4) is 0 Å². The van der Waals surface area contributed by atoms with Crippen LogP contribution in [0.5, 0.6) is 0 Å². The number of guanidine groups is 1. The fourth-order valence-corrected chi connectivity index (χ4v) is 5.35. The molecule has 1 aliphatic carbocycles. The Morgan fingerprint density at radius 2 is 1.76 bits per heavy atom. The zero-order valence-electron chi connectivity index (χ0n) is 31.2. The minimum absolute atomic E-state index is 0.00917. The van der Waals surface area contributed by atoms with Crippen LogP contribution in [-0.2, 0) is 21.4 Å². The first-order valence-corrected chi connectivity index (χ1v) is 16.9. The predicted octanol–water partition coefficient (Wildman–Crippen LogP) is 6.82. The van der Waals surface area contributed by atoms with Gasteiger partial charge in [-0.05, 0) is 55.0 Å². The van der Waals surface area contributed by atoms with E-state index in [9.17, 15) is 27.2 Å². The fourth-order valence-electron chi connectivity index (χ4n) is 5.15. The van der Waals surface area contributed by atoms with Gasteiger partial charge in [0.15, 0.2) is 12.0 Å². The molecule has 2 aromatic carbocycles. The van der Waals surface area contributed by atoms with Crippen LogP contribution in [0.4, 0.5) is 22.0 Å². The van der Waals surface area contributed by atoms with Crippen molar-refractivity contribution in [3.8, 4) is 16.9 Å². The lowest BCUT2D eigenvalue weighted by molar-refractivity contribution is -0.167. The maximum absolute atomic E-state index is 15.2. The lowest BCUT2D eigenvalue weighted by atomic mass is 10.0. The Morgan fingerprint density at radius 3 is 2.22 bits per heavy atom. The van der Waals surface area contributed by atoms with E-state index < -0.39 is 35.5 Å². The van der Waals surface area contributed by atoms with Gasteiger partial charge in [0.05, 0.1) is 36.2 Å². The van der Waals surface area contributed by atoms with Crippen LogP contribution < -0.4 is 11.1 Å². The van der Waals surface area contributed by atoms with Crippen molar-refractivity contribution in [1.29, 1.82) is 0 Å². The van der Waals surface area contributed by atoms with E-state index in [2.05, 4.69) is 47.9 Å². The standard InChI is InChI=1S/C25H24ClFN8O2.C5H6F3NO.C5H12.CH3F/c1-14-29-13-30-35(14)21-11-16(5-7-18(21)26)22(12-37-3)34-24(36)23(31-25(34)28)17-6-4-15(10-19(17)27)20-8-9-33(2)32-20;6-5(7,8)4(1-2-4)9-3-10;1-5(2,3)4;1-2/h4-11,13,22-23H,12H2,1-3H3,(H2,28,31);3H,1-2H2,(H,9,10);1-4H3;1H3. The Balaban J connectivity index is 0.000000384. The van der Waals surface area contributed by atoms with E-state index in [1.807, 2.05) is 0 Å². The number of nitrogens with two attached hydrogens (primary N) is 1. The lowest BCUT2D eigenvalue weighted by Gasteiger charge is -2.28. The Kier molecular flexibility index (Phi) is 14.5. The van der Waals surface area contributed by atoms with Gasteiger partial charge in [0.1, 0.15) is 23.5 Å². The van der Waals surface area contributed by atoms with Gasteiger partial charge in [0, 0.05) is 31.5 Å². The van der Waals surface area contributed by atoms with Crippen molar-refractivity contribution in [2.75, 3.05) is 20.9 Å². The number of aryl methyl sites for hydroxylation is 2. The minimum Gasteiger partial charge on any atom is -0.382 e. The highest BCUT2D eigenvalue weighted by Crippen LogP contribution is 2.48. The van der Waals surface area contributed by atoms with Gasteiger partial charge in [-0.25, -0.2) is 19.0 Å². The van der Waals surface area contributed by atoms with E-state index in [1.165, 1.54) is 24.4 Å². The van der Waals surface area contributed by atoms with Crippen LogP contribution >= 0.6 is 11.6 Å². The number of amides is 2. The molecule has 1 fully saturated rings. The molecule has 1 saturated carbocycles. The van der Waals surface area contributed by atoms with Gasteiger partial charge in [-0.1, -0.05) is 57.5 Å². The molecule has 2 atom stereocenters. The fraction of sp³-hybridized carbons (Fsp3) is 0.444. The highest BCUT2D eigenvalue weighted by atomic mass is 35.5. The summed E-state index contributed by atoms with van der Waals surface area (Å²) >= 11 is 6.44. The largest absolute Gasteiger partial charge is 0.411 e. The van der Waals surface area contributed by atoms with Crippen LogP contribution in [-0.4, -0.2) is 80.3 Å². The summed E-state index contributed by atoms with van der Waals surface area (Å²) in [6, 6.07) is 9.89. The summed E-state index contributed by atoms with van der Waals surface area (Å²) in [7, 11) is 3.80. The van der Waals surface area contributed by atoms with Crippen molar-refractivity contribution in [1.82, 2.24) is 34.8 Å². The molecule has 0 bridgehead atoms. The second-order valence-electron chi connectivity index (χ2n) is 14.0. The number of nitrogens with zero attached hydrogens (tertiary/aromatic N) is 7. The van der Waals surface area contributed by atoms with Crippen LogP contribution in [0, 0.1) is 18.2 Å². The van der Waals surface area contributed by atoms with E-state index in [-0.39, 0.29) is 37.4 Å². The van der Waals surface area contributed by atoms with E-state index in [0.717, 1.165) is 0 Å². The van der Waals surface area contributed by atoms with Crippen LogP contribution in [0.25, 0.3) is 16.9 Å². The van der Waals surface area contributed by atoms with E-state index in [0.29, 0.717) is 45.9 Å². The Bertz CT molecular complexity index is 1910. The summed E-state index contributed by atoms with van der Waals surface area (Å²) in [6.45, 7) is 10.7. The van der Waals surface area contributed by atoms with Gasteiger partial charge in [-0.3, -0.25) is 23.6 Å². The topological polar surface area (TPSA) is 146 Å². The molecule has 294 valence electrons. The molecule has 4 aromatic rings. The van der Waals surface area contributed by atoms with Gasteiger partial charge in [0.2, 0.25) is 6.41 Å². The smallest absolute Gasteiger partial charge is 0.382 e. The van der Waals surface area contributed by atoms with Crippen molar-refractivity contribution in [3.63, 3.8) is 0 Å². The first kappa shape index (κ1) is 43.5. The van der Waals surface area contributed by atoms with Gasteiger partial charge in [-0.2, -0.15) is 23.4 Å². The second-order valence-corrected chi connectivity index (χ2v) is 14.4. The Hall–Kier alpha value is -4.90. The number of hydrogen-bond acceptors (Lipinski definition) is 8. The van der Waals surface area contributed by atoms with Crippen molar-refractivity contribution >= 4 is 29.9 Å². The number of nitrogens with one attached hydrogen (secondary N) is 1. The molecule has 0 spiro atoms. The van der Waals surface area contributed by atoms with E-state index in [1.54, 1.807) is 71.2 Å². The number of benzene rings is 2. The third kappa shape index (κ3) is 10.6. The molecule has 0 radical (unpaired) electrons. The number of aromatic nitrogens is 5. The molecule has 2 amide bonds. The van der Waals surface area contributed by atoms with Crippen LogP contribution in [0.1, 0.15) is 69.6 Å². The summed E-state index contributed by atoms with van der Waals surface area (Å²) in [4.78, 5) is 33.1. The number of alkyl halides is 4. The van der Waals surface area contributed by atoms with Gasteiger partial charge >= 0.3 is 6.18 Å². The molecular weight excluding hydrogens is 737 g/mol. The molecule has 3 N–H and O–H groups in total. The number of aliphatic imine (C=N–C) groups is 1. The zero-order valence-corrected chi connectivity index (χ0v) is 32.0. The molecule has 2 aliphatic rings. The highest BCUT2D eigenvalue weighted by molar-refractivity contribution is 6.32. The number of hydrogen-bond donors (Lipinski definition) is 2. The lowest BCUT2D eigenvalue weighted by Crippen LogP contribution is -2.44. The first-order valence-electron chi connectivity index (χ1n) is 16.6. The number of carbonyl (C=O) groups is 2. The molecule has 12 nitrogen and oxygen atoms in total. The number of rotatable bonds is 9. The average molecular weight is 782 g/mol. The SMILES string of the molecule is CC(C)(C)C.CF.COCC(c1ccc(Cl)c(-n2ncnc2C)c1)N1C(=O)C(c2ccc(-c3ccn(C)n3)cc2F)N=C1N.O=CNC1(C(F)(F)F)CC1. The molecular formula is C36H45ClF5N9O3. The number of halogens is 6. The number of ether oxygens (including phenoxy) is 1. The Morgan fingerprint density at radius 1 is 1.11 bits per heavy atom. The monoisotopic (exact) mass is 781 g/mol. The third-order valence-corrected chi connectivity index (χ3v) is 8.17. The molecule has 6 rings (SSSR count). The van der Waals surface area contributed by atoms with Crippen molar-refractivity contribution in [2.24, 2.45) is 23.2 Å². The Labute approximate surface area is 315 Å². The molecule has 3 heterocycles. The normalized spacial score (nSPS) is 16.5. The van der Waals surface area contributed by atoms with Gasteiger partial charge < -0.3 is 15.8 Å². The minimum atomic E-state index is -4.28. The summed E-state index contributed by atoms with van der Waals surface area (Å²) in [5, 5.41) is 10.7. The molecule has 54 heavy (non-hydrogen) atoms. The number of methoxy groups -OCH3 is 1. The van der Waals surface area contributed by atoms with Gasteiger partial charge in [0.25, 0.3) is 5.91 Å². The summed E-state index contributed by atoms with van der Waals surface area (Å²) in [5.41, 5.74) is 7.48. The molecule has 2 aromatic heterocycles. The summed E-state index contributed by atoms with van der Waals surface area (Å²) < 4.78 is 69.0. The summed E-state index contributed by atoms with van der Waals surface area (Å²) in [5.74, 6) is -0.417. The van der Waals surface area contributed by atoms with Crippen LogP contribution in [0.15, 0.2) is 60.0 Å². The molecule has 18 heteroatoms. The second kappa shape index (κ2) is 18.0. The average Bonchev–Trinajstić information content (AvgIpc) is 3.42.